The molecule has 2 aromatic carbocycles. The molecule has 0 amide bonds. The van der Waals surface area contributed by atoms with Crippen molar-refractivity contribution >= 4 is 5.78 Å². The van der Waals surface area contributed by atoms with Crippen LogP contribution in [0.1, 0.15) is 27.6 Å². The molecule has 1 aliphatic rings. The van der Waals surface area contributed by atoms with Gasteiger partial charge in [0.25, 0.3) is 0 Å². The molecule has 2 aromatic rings. The SMILES string of the molecule is COc1ccc([C@H]2Oc3cc(OC)c(C)c(OC)c3C(=O)[C@@H]2O)cc1OC. The monoisotopic (exact) mass is 374 g/mol. The van der Waals surface area contributed by atoms with E-state index in [1.807, 2.05) is 0 Å². The topological polar surface area (TPSA) is 83.5 Å². The molecular formula is C20H22O7. The van der Waals surface area contributed by atoms with Gasteiger partial charge < -0.3 is 28.8 Å². The second-order valence-corrected chi connectivity index (χ2v) is 6.07. The van der Waals surface area contributed by atoms with Crippen molar-refractivity contribution in [1.29, 1.82) is 0 Å². The smallest absolute Gasteiger partial charge is 0.202 e. The fourth-order valence-corrected chi connectivity index (χ4v) is 3.27. The summed E-state index contributed by atoms with van der Waals surface area (Å²) in [7, 11) is 6.03. The average molecular weight is 374 g/mol. The Hall–Kier alpha value is -2.93. The van der Waals surface area contributed by atoms with E-state index in [1.165, 1.54) is 28.4 Å². The maximum absolute atomic E-state index is 12.9. The van der Waals surface area contributed by atoms with E-state index in [2.05, 4.69) is 0 Å². The molecule has 0 bridgehead atoms. The summed E-state index contributed by atoms with van der Waals surface area (Å²) in [5.41, 5.74) is 1.45. The normalized spacial score (nSPS) is 18.4. The maximum Gasteiger partial charge on any atom is 0.202 e. The van der Waals surface area contributed by atoms with E-state index in [0.29, 0.717) is 39.9 Å². The highest BCUT2D eigenvalue weighted by atomic mass is 16.5. The minimum Gasteiger partial charge on any atom is -0.496 e. The summed E-state index contributed by atoms with van der Waals surface area (Å²) >= 11 is 0. The van der Waals surface area contributed by atoms with Crippen LogP contribution in [0.3, 0.4) is 0 Å². The number of methoxy groups -OCH3 is 4. The van der Waals surface area contributed by atoms with E-state index >= 15 is 0 Å². The Labute approximate surface area is 157 Å². The fraction of sp³-hybridized carbons (Fsp3) is 0.350. The number of aliphatic hydroxyl groups excluding tert-OH is 1. The first-order valence-electron chi connectivity index (χ1n) is 8.33. The van der Waals surface area contributed by atoms with E-state index < -0.39 is 18.0 Å². The summed E-state index contributed by atoms with van der Waals surface area (Å²) in [5, 5.41) is 10.6. The standard InChI is InChI=1S/C20H22O7/c1-10-13(24-3)9-15-16(19(10)26-5)17(21)18(22)20(27-15)11-6-7-12(23-2)14(8-11)25-4/h6-9,18,20,22H,1-5H3/t18-,20+/m0/s1. The number of Topliss-reactive ketones (excluding diaryl/α,β-unsaturated/α-hetero) is 1. The fourth-order valence-electron chi connectivity index (χ4n) is 3.27. The molecule has 0 saturated carbocycles. The van der Waals surface area contributed by atoms with Gasteiger partial charge in [0, 0.05) is 11.6 Å². The van der Waals surface area contributed by atoms with E-state index in [4.69, 9.17) is 23.7 Å². The van der Waals surface area contributed by atoms with E-state index in [0.717, 1.165) is 0 Å². The molecule has 0 unspecified atom stereocenters. The molecule has 0 saturated heterocycles. The molecule has 1 N–H and O–H groups in total. The van der Waals surface area contributed by atoms with Crippen LogP contribution < -0.4 is 23.7 Å². The Balaban J connectivity index is 2.10. The van der Waals surface area contributed by atoms with E-state index in [9.17, 15) is 9.90 Å². The zero-order chi connectivity index (χ0) is 19.7. The minimum atomic E-state index is -1.39. The molecule has 7 heteroatoms. The molecule has 0 aliphatic carbocycles. The van der Waals surface area contributed by atoms with Gasteiger partial charge in [0.2, 0.25) is 5.78 Å². The number of fused-ring (bicyclic) bond motifs is 1. The molecule has 7 nitrogen and oxygen atoms in total. The number of hydrogen-bond donors (Lipinski definition) is 1. The van der Waals surface area contributed by atoms with Crippen molar-refractivity contribution in [1.82, 2.24) is 0 Å². The van der Waals surface area contributed by atoms with Crippen LogP contribution in [0.5, 0.6) is 28.7 Å². The van der Waals surface area contributed by atoms with Gasteiger partial charge in [-0.3, -0.25) is 4.79 Å². The predicted octanol–water partition coefficient (Wildman–Crippen LogP) is 2.71. The number of rotatable bonds is 5. The molecule has 0 radical (unpaired) electrons. The van der Waals surface area contributed by atoms with Gasteiger partial charge in [0.1, 0.15) is 22.8 Å². The lowest BCUT2D eigenvalue weighted by atomic mass is 9.91. The van der Waals surface area contributed by atoms with Crippen molar-refractivity contribution in [2.75, 3.05) is 28.4 Å². The Morgan fingerprint density at radius 2 is 1.59 bits per heavy atom. The number of carbonyl (C=O) groups excluding carboxylic acids is 1. The third-order valence-corrected chi connectivity index (χ3v) is 4.66. The second-order valence-electron chi connectivity index (χ2n) is 6.07. The van der Waals surface area contributed by atoms with Gasteiger partial charge in [-0.1, -0.05) is 6.07 Å². The number of carbonyl (C=O) groups is 1. The van der Waals surface area contributed by atoms with Crippen molar-refractivity contribution in [3.8, 4) is 28.7 Å². The van der Waals surface area contributed by atoms with E-state index in [1.54, 1.807) is 31.2 Å². The van der Waals surface area contributed by atoms with Gasteiger partial charge >= 0.3 is 0 Å². The lowest BCUT2D eigenvalue weighted by Gasteiger charge is -2.31. The van der Waals surface area contributed by atoms with Gasteiger partial charge in [-0.15, -0.1) is 0 Å². The first-order chi connectivity index (χ1) is 13.0. The molecule has 0 spiro atoms. The van der Waals surface area contributed by atoms with Crippen LogP contribution in [0.25, 0.3) is 0 Å². The van der Waals surface area contributed by atoms with Crippen LogP contribution in [0.15, 0.2) is 24.3 Å². The molecule has 27 heavy (non-hydrogen) atoms. The second kappa shape index (κ2) is 7.36. The summed E-state index contributed by atoms with van der Waals surface area (Å²) in [6, 6.07) is 6.72. The summed E-state index contributed by atoms with van der Waals surface area (Å²) in [6.45, 7) is 1.78. The van der Waals surface area contributed by atoms with Crippen LogP contribution in [0.4, 0.5) is 0 Å². The van der Waals surface area contributed by atoms with Crippen LogP contribution in [-0.2, 0) is 0 Å². The Kier molecular flexibility index (Phi) is 5.14. The first-order valence-corrected chi connectivity index (χ1v) is 8.33. The molecule has 1 aliphatic heterocycles. The first kappa shape index (κ1) is 18.8. The summed E-state index contributed by atoms with van der Waals surface area (Å²) in [5.74, 6) is 1.70. The zero-order valence-electron chi connectivity index (χ0n) is 15.9. The van der Waals surface area contributed by atoms with Gasteiger partial charge in [-0.05, 0) is 24.6 Å². The third kappa shape index (κ3) is 3.04. The number of hydrogen-bond acceptors (Lipinski definition) is 7. The highest BCUT2D eigenvalue weighted by molar-refractivity contribution is 6.06. The van der Waals surface area contributed by atoms with Crippen LogP contribution in [0, 0.1) is 6.92 Å². The number of ketones is 1. The minimum absolute atomic E-state index is 0.208. The van der Waals surface area contributed by atoms with Gasteiger partial charge in [-0.2, -0.15) is 0 Å². The molecular weight excluding hydrogens is 352 g/mol. The third-order valence-electron chi connectivity index (χ3n) is 4.66. The van der Waals surface area contributed by atoms with Crippen molar-refractivity contribution in [3.63, 3.8) is 0 Å². The largest absolute Gasteiger partial charge is 0.496 e. The Morgan fingerprint density at radius 3 is 2.19 bits per heavy atom. The Bertz CT molecular complexity index is 875. The van der Waals surface area contributed by atoms with Crippen LogP contribution in [0.2, 0.25) is 0 Å². The summed E-state index contributed by atoms with van der Waals surface area (Å²) in [6.07, 6.45) is -2.29. The number of ether oxygens (including phenoxy) is 5. The van der Waals surface area contributed by atoms with E-state index in [-0.39, 0.29) is 5.56 Å². The van der Waals surface area contributed by atoms with Gasteiger partial charge in [0.05, 0.1) is 28.4 Å². The molecule has 2 atom stereocenters. The molecule has 144 valence electrons. The number of aliphatic hydroxyl groups is 1. The predicted molar refractivity (Wildman–Crippen MR) is 97.5 cm³/mol. The zero-order valence-corrected chi connectivity index (χ0v) is 15.9. The molecule has 0 aromatic heterocycles. The summed E-state index contributed by atoms with van der Waals surface area (Å²) in [4.78, 5) is 12.9. The lowest BCUT2D eigenvalue weighted by molar-refractivity contribution is 0.0209. The quantitative estimate of drug-likeness (QED) is 0.861. The van der Waals surface area contributed by atoms with Crippen LogP contribution >= 0.6 is 0 Å². The molecule has 3 rings (SSSR count). The van der Waals surface area contributed by atoms with Gasteiger partial charge in [-0.25, -0.2) is 0 Å². The highest BCUT2D eigenvalue weighted by Crippen LogP contribution is 2.45. The maximum atomic E-state index is 12.9. The summed E-state index contributed by atoms with van der Waals surface area (Å²) < 4.78 is 27.3. The lowest BCUT2D eigenvalue weighted by Crippen LogP contribution is -2.36. The number of benzene rings is 2. The Morgan fingerprint density at radius 1 is 0.926 bits per heavy atom. The van der Waals surface area contributed by atoms with Gasteiger partial charge in [0.15, 0.2) is 23.7 Å². The van der Waals surface area contributed by atoms with Crippen molar-refractivity contribution < 1.29 is 33.6 Å². The molecule has 1 heterocycles. The van der Waals surface area contributed by atoms with Crippen LogP contribution in [-0.4, -0.2) is 45.4 Å². The van der Waals surface area contributed by atoms with Crippen molar-refractivity contribution in [3.05, 3.63) is 41.0 Å². The van der Waals surface area contributed by atoms with Crippen molar-refractivity contribution in [2.45, 2.75) is 19.1 Å². The molecule has 0 fully saturated rings. The highest BCUT2D eigenvalue weighted by Gasteiger charge is 2.40. The van der Waals surface area contributed by atoms with Crippen molar-refractivity contribution in [2.24, 2.45) is 0 Å². The average Bonchev–Trinajstić information content (AvgIpc) is 2.69.